The highest BCUT2D eigenvalue weighted by atomic mass is 16.2. The summed E-state index contributed by atoms with van der Waals surface area (Å²) in [6.45, 7) is 15.2. The zero-order valence-corrected chi connectivity index (χ0v) is 28.5. The van der Waals surface area contributed by atoms with Crippen LogP contribution in [0.25, 0.3) is 0 Å². The summed E-state index contributed by atoms with van der Waals surface area (Å²) in [5.74, 6) is -0.380. The summed E-state index contributed by atoms with van der Waals surface area (Å²) in [6.07, 6.45) is 11.0. The van der Waals surface area contributed by atoms with Gasteiger partial charge in [0.05, 0.1) is 0 Å². The van der Waals surface area contributed by atoms with Crippen LogP contribution in [0.4, 0.5) is 0 Å². The molecule has 10 N–H and O–H groups in total. The van der Waals surface area contributed by atoms with E-state index in [-0.39, 0.29) is 23.9 Å². The van der Waals surface area contributed by atoms with E-state index in [2.05, 4.69) is 40.2 Å². The third-order valence-corrected chi connectivity index (χ3v) is 7.75. The van der Waals surface area contributed by atoms with E-state index in [0.29, 0.717) is 25.0 Å². The molecular formula is C37H61N7O2. The number of hydrogen-bond acceptors (Lipinski definition) is 7. The number of unbranched alkanes of at least 4 members (excludes halogenated alkanes) is 3. The molecule has 0 radical (unpaired) electrons. The van der Waals surface area contributed by atoms with Crippen molar-refractivity contribution in [3.8, 4) is 0 Å². The highest BCUT2D eigenvalue weighted by Gasteiger charge is 2.32. The van der Waals surface area contributed by atoms with Crippen LogP contribution in [0.5, 0.6) is 0 Å². The average Bonchev–Trinajstić information content (AvgIpc) is 3.36. The van der Waals surface area contributed by atoms with Crippen LogP contribution >= 0.6 is 0 Å². The molecule has 5 atom stereocenters. The van der Waals surface area contributed by atoms with Gasteiger partial charge in [-0.25, -0.2) is 0 Å². The molecule has 0 aliphatic carbocycles. The fourth-order valence-electron chi connectivity index (χ4n) is 5.12. The average molecular weight is 636 g/mol. The molecule has 46 heavy (non-hydrogen) atoms. The molecule has 256 valence electrons. The number of hydrogen-bond donors (Lipinski definition) is 7. The Bertz CT molecular complexity index is 1110. The minimum atomic E-state index is -0.578. The van der Waals surface area contributed by atoms with Crippen molar-refractivity contribution in [2.45, 2.75) is 109 Å². The highest BCUT2D eigenvalue weighted by molar-refractivity contribution is 5.91. The molecule has 9 nitrogen and oxygen atoms in total. The summed E-state index contributed by atoms with van der Waals surface area (Å²) in [4.78, 5) is 25.1. The van der Waals surface area contributed by atoms with Crippen LogP contribution in [0.3, 0.4) is 0 Å². The van der Waals surface area contributed by atoms with Crippen molar-refractivity contribution in [1.29, 1.82) is 0 Å². The first kappa shape index (κ1) is 40.4. The van der Waals surface area contributed by atoms with E-state index >= 15 is 0 Å². The molecule has 2 saturated heterocycles. The lowest BCUT2D eigenvalue weighted by molar-refractivity contribution is -0.128. The molecule has 4 rings (SSSR count). The van der Waals surface area contributed by atoms with Gasteiger partial charge in [0.15, 0.2) is 0 Å². The predicted molar refractivity (Wildman–Crippen MR) is 193 cm³/mol. The number of carbonyl (C=O) groups excluding carboxylic acids is 2. The molecular weight excluding hydrogens is 574 g/mol. The SMILES string of the molecule is C=C(NC(Cc1ccccc1)C(=O)NC1CC(C)NC1=O)C(N)Cc1ccccc1.C=CN.CC.NCCCCCCC1CCN1. The second-order valence-corrected chi connectivity index (χ2v) is 11.6. The largest absolute Gasteiger partial charge is 0.405 e. The summed E-state index contributed by atoms with van der Waals surface area (Å²) < 4.78 is 0. The molecule has 0 saturated carbocycles. The van der Waals surface area contributed by atoms with Gasteiger partial charge in [0.25, 0.3) is 0 Å². The van der Waals surface area contributed by atoms with E-state index in [1.807, 2.05) is 81.4 Å². The Labute approximate surface area is 278 Å². The van der Waals surface area contributed by atoms with Crippen LogP contribution in [0.15, 0.2) is 85.7 Å². The first-order valence-electron chi connectivity index (χ1n) is 16.9. The van der Waals surface area contributed by atoms with E-state index in [1.54, 1.807) is 0 Å². The molecule has 0 aromatic heterocycles. The minimum Gasteiger partial charge on any atom is -0.405 e. The van der Waals surface area contributed by atoms with Gasteiger partial charge in [0, 0.05) is 30.2 Å². The first-order chi connectivity index (χ1) is 22.3. The van der Waals surface area contributed by atoms with E-state index in [9.17, 15) is 9.59 Å². The van der Waals surface area contributed by atoms with E-state index in [1.165, 1.54) is 51.3 Å². The third kappa shape index (κ3) is 16.6. The monoisotopic (exact) mass is 635 g/mol. The Kier molecular flexibility index (Phi) is 21.5. The van der Waals surface area contributed by atoms with Crippen LogP contribution in [0.1, 0.15) is 76.8 Å². The summed E-state index contributed by atoms with van der Waals surface area (Å²) in [6, 6.07) is 19.2. The van der Waals surface area contributed by atoms with Gasteiger partial charge in [-0.1, -0.05) is 107 Å². The quantitative estimate of drug-likeness (QED) is 0.145. The van der Waals surface area contributed by atoms with E-state index in [4.69, 9.17) is 11.5 Å². The lowest BCUT2D eigenvalue weighted by atomic mass is 10.00. The first-order valence-corrected chi connectivity index (χ1v) is 16.9. The van der Waals surface area contributed by atoms with Crippen LogP contribution in [-0.2, 0) is 22.4 Å². The topological polar surface area (TPSA) is 160 Å². The molecule has 0 spiro atoms. The van der Waals surface area contributed by atoms with Crippen molar-refractivity contribution >= 4 is 11.8 Å². The molecule has 2 fully saturated rings. The molecule has 2 aliphatic heterocycles. The highest BCUT2D eigenvalue weighted by Crippen LogP contribution is 2.13. The normalized spacial score (nSPS) is 19.1. The lowest BCUT2D eigenvalue weighted by Crippen LogP contribution is -2.52. The van der Waals surface area contributed by atoms with Crippen molar-refractivity contribution in [2.24, 2.45) is 17.2 Å². The number of nitrogens with two attached hydrogens (primary N) is 3. The number of rotatable bonds is 15. The zero-order chi connectivity index (χ0) is 34.2. The standard InChI is InChI=1S/C24H30N4O2.C9H20N2.C2H5N.C2H6/c1-16-13-21(23(29)26-16)28-24(30)22(15-19-11-7-4-8-12-19)27-17(2)20(25)14-18-9-5-3-6-10-18;10-7-4-2-1-3-5-9-6-8-11-9;1-2-3;1-2/h3-12,16,20-22,27H,2,13-15,25H2,1H3,(H,26,29)(H,28,30);9,11H,1-8,10H2;2H,1,3H2;1-2H3. The van der Waals surface area contributed by atoms with Crippen molar-refractivity contribution in [2.75, 3.05) is 13.1 Å². The number of benzene rings is 2. The predicted octanol–water partition coefficient (Wildman–Crippen LogP) is 4.04. The van der Waals surface area contributed by atoms with Gasteiger partial charge in [-0.3, -0.25) is 9.59 Å². The molecule has 2 heterocycles. The van der Waals surface area contributed by atoms with E-state index < -0.39 is 12.1 Å². The number of amides is 2. The Morgan fingerprint density at radius 3 is 2.02 bits per heavy atom. The lowest BCUT2D eigenvalue weighted by Gasteiger charge is -2.27. The maximum absolute atomic E-state index is 13.0. The maximum Gasteiger partial charge on any atom is 0.243 e. The van der Waals surface area contributed by atoms with Crippen molar-refractivity contribution < 1.29 is 9.59 Å². The Hall–Kier alpha value is -3.66. The molecule has 2 amide bonds. The molecule has 5 unspecified atom stereocenters. The van der Waals surface area contributed by atoms with Gasteiger partial charge in [0.2, 0.25) is 11.8 Å². The minimum absolute atomic E-state index is 0.0533. The Morgan fingerprint density at radius 1 is 1.00 bits per heavy atom. The maximum atomic E-state index is 13.0. The smallest absolute Gasteiger partial charge is 0.243 e. The van der Waals surface area contributed by atoms with Gasteiger partial charge < -0.3 is 38.5 Å². The third-order valence-electron chi connectivity index (χ3n) is 7.75. The fraction of sp³-hybridized carbons (Fsp3) is 0.514. The van der Waals surface area contributed by atoms with Gasteiger partial charge in [-0.05, 0) is 69.4 Å². The molecule has 0 bridgehead atoms. The number of carbonyl (C=O) groups is 2. The van der Waals surface area contributed by atoms with Crippen molar-refractivity contribution in [3.05, 3.63) is 96.8 Å². The number of nitrogens with one attached hydrogen (secondary N) is 4. The van der Waals surface area contributed by atoms with Crippen LogP contribution in [0.2, 0.25) is 0 Å². The second-order valence-electron chi connectivity index (χ2n) is 11.6. The Morgan fingerprint density at radius 2 is 1.54 bits per heavy atom. The fourth-order valence-corrected chi connectivity index (χ4v) is 5.12. The summed E-state index contributed by atoms with van der Waals surface area (Å²) >= 11 is 0. The molecule has 2 aliphatic rings. The van der Waals surface area contributed by atoms with Crippen LogP contribution in [0, 0.1) is 0 Å². The molecule has 9 heteroatoms. The molecule has 2 aromatic carbocycles. The van der Waals surface area contributed by atoms with E-state index in [0.717, 1.165) is 23.7 Å². The van der Waals surface area contributed by atoms with Gasteiger partial charge in [0.1, 0.15) is 12.1 Å². The van der Waals surface area contributed by atoms with Crippen molar-refractivity contribution in [1.82, 2.24) is 21.3 Å². The molecule has 2 aromatic rings. The summed E-state index contributed by atoms with van der Waals surface area (Å²) in [5, 5.41) is 12.3. The van der Waals surface area contributed by atoms with Crippen LogP contribution < -0.4 is 38.5 Å². The Balaban J connectivity index is 0.000000548. The van der Waals surface area contributed by atoms with Gasteiger partial charge in [-0.2, -0.15) is 0 Å². The zero-order valence-electron chi connectivity index (χ0n) is 28.5. The van der Waals surface area contributed by atoms with Gasteiger partial charge >= 0.3 is 0 Å². The van der Waals surface area contributed by atoms with Gasteiger partial charge in [-0.15, -0.1) is 0 Å². The summed E-state index contributed by atoms with van der Waals surface area (Å²) in [7, 11) is 0. The van der Waals surface area contributed by atoms with Crippen molar-refractivity contribution in [3.63, 3.8) is 0 Å². The van der Waals surface area contributed by atoms with Crippen LogP contribution in [-0.4, -0.2) is 55.1 Å². The summed E-state index contributed by atoms with van der Waals surface area (Å²) in [5.41, 5.74) is 19.1. The second kappa shape index (κ2) is 24.6.